The van der Waals surface area contributed by atoms with Crippen LogP contribution in [0.15, 0.2) is 18.2 Å². The lowest BCUT2D eigenvalue weighted by atomic mass is 10.1. The number of benzene rings is 1. The van der Waals surface area contributed by atoms with Crippen LogP contribution in [-0.4, -0.2) is 30.9 Å². The third-order valence-electron chi connectivity index (χ3n) is 3.11. The van der Waals surface area contributed by atoms with E-state index in [1.807, 2.05) is 19.1 Å². The second-order valence-electron chi connectivity index (χ2n) is 4.66. The van der Waals surface area contributed by atoms with Gasteiger partial charge in [0.25, 0.3) is 0 Å². The maximum absolute atomic E-state index is 9.92. The number of anilines is 1. The lowest BCUT2D eigenvalue weighted by Gasteiger charge is -2.33. The quantitative estimate of drug-likeness (QED) is 0.819. The van der Waals surface area contributed by atoms with Gasteiger partial charge in [0.15, 0.2) is 0 Å². The van der Waals surface area contributed by atoms with Gasteiger partial charge in [-0.15, -0.1) is 0 Å². The van der Waals surface area contributed by atoms with E-state index in [0.29, 0.717) is 0 Å². The Kier molecular flexibility index (Phi) is 3.54. The molecule has 2 rings (SSSR count). The highest BCUT2D eigenvalue weighted by Crippen LogP contribution is 2.28. The Balaban J connectivity index is 2.19. The zero-order chi connectivity index (χ0) is 12.4. The lowest BCUT2D eigenvalue weighted by molar-refractivity contribution is 0.0532. The number of phenols is 1. The summed E-state index contributed by atoms with van der Waals surface area (Å²) in [6.07, 6.45) is 0.235. The molecule has 1 aliphatic rings. The standard InChI is InChI=1S/C13H20N2O2/c1-9-8-15(5-6-17-9)11-3-4-12(10(2)14)13(16)7-11/h3-4,7,9-10,16H,5-6,8,14H2,1-2H3. The first-order chi connectivity index (χ1) is 8.08. The van der Waals surface area contributed by atoms with Gasteiger partial charge in [0.05, 0.1) is 12.7 Å². The number of hydrogen-bond donors (Lipinski definition) is 2. The minimum absolute atomic E-state index is 0.146. The SMILES string of the molecule is CC1CN(c2ccc(C(C)N)c(O)c2)CCO1. The van der Waals surface area contributed by atoms with Crippen molar-refractivity contribution in [3.05, 3.63) is 23.8 Å². The molecule has 0 spiro atoms. The van der Waals surface area contributed by atoms with Gasteiger partial charge in [0, 0.05) is 36.4 Å². The van der Waals surface area contributed by atoms with E-state index < -0.39 is 0 Å². The molecule has 2 unspecified atom stereocenters. The summed E-state index contributed by atoms with van der Waals surface area (Å²) in [5.74, 6) is 0.275. The topological polar surface area (TPSA) is 58.7 Å². The largest absolute Gasteiger partial charge is 0.508 e. The van der Waals surface area contributed by atoms with Crippen LogP contribution >= 0.6 is 0 Å². The monoisotopic (exact) mass is 236 g/mol. The van der Waals surface area contributed by atoms with Crippen molar-refractivity contribution in [1.82, 2.24) is 0 Å². The number of ether oxygens (including phenoxy) is 1. The highest BCUT2D eigenvalue weighted by atomic mass is 16.5. The van der Waals surface area contributed by atoms with Crippen LogP contribution in [0.4, 0.5) is 5.69 Å². The van der Waals surface area contributed by atoms with Gasteiger partial charge in [-0.1, -0.05) is 6.07 Å². The number of nitrogens with two attached hydrogens (primary N) is 1. The van der Waals surface area contributed by atoms with Gasteiger partial charge < -0.3 is 20.5 Å². The maximum atomic E-state index is 9.92. The van der Waals surface area contributed by atoms with Gasteiger partial charge in [-0.2, -0.15) is 0 Å². The first kappa shape index (κ1) is 12.2. The summed E-state index contributed by atoms with van der Waals surface area (Å²) in [6, 6.07) is 5.55. The van der Waals surface area contributed by atoms with Crippen molar-refractivity contribution < 1.29 is 9.84 Å². The number of nitrogens with zero attached hydrogens (tertiary/aromatic N) is 1. The Morgan fingerprint density at radius 2 is 2.29 bits per heavy atom. The van der Waals surface area contributed by atoms with E-state index in [4.69, 9.17) is 10.5 Å². The molecule has 0 saturated carbocycles. The Labute approximate surface area is 102 Å². The second kappa shape index (κ2) is 4.94. The summed E-state index contributed by atoms with van der Waals surface area (Å²) in [5.41, 5.74) is 7.59. The van der Waals surface area contributed by atoms with Crippen molar-refractivity contribution in [3.8, 4) is 5.75 Å². The second-order valence-corrected chi connectivity index (χ2v) is 4.66. The number of rotatable bonds is 2. The molecular weight excluding hydrogens is 216 g/mol. The number of morpholine rings is 1. The molecule has 1 heterocycles. The van der Waals surface area contributed by atoms with Gasteiger partial charge in [0.1, 0.15) is 5.75 Å². The summed E-state index contributed by atoms with van der Waals surface area (Å²) in [4.78, 5) is 2.22. The van der Waals surface area contributed by atoms with Crippen molar-refractivity contribution in [2.45, 2.75) is 26.0 Å². The third-order valence-corrected chi connectivity index (χ3v) is 3.11. The van der Waals surface area contributed by atoms with Crippen molar-refractivity contribution in [1.29, 1.82) is 0 Å². The van der Waals surface area contributed by atoms with Gasteiger partial charge in [0.2, 0.25) is 0 Å². The Bertz CT molecular complexity index is 393. The van der Waals surface area contributed by atoms with Gasteiger partial charge in [-0.05, 0) is 19.9 Å². The normalized spacial score (nSPS) is 22.5. The Morgan fingerprint density at radius 3 is 2.88 bits per heavy atom. The Hall–Kier alpha value is -1.26. The minimum atomic E-state index is -0.146. The van der Waals surface area contributed by atoms with E-state index >= 15 is 0 Å². The van der Waals surface area contributed by atoms with Gasteiger partial charge in [-0.3, -0.25) is 0 Å². The number of hydrogen-bond acceptors (Lipinski definition) is 4. The number of phenolic OH excluding ortho intramolecular Hbond substituents is 1. The highest BCUT2D eigenvalue weighted by molar-refractivity contribution is 5.54. The fourth-order valence-electron chi connectivity index (χ4n) is 2.17. The molecule has 2 atom stereocenters. The molecule has 0 bridgehead atoms. The van der Waals surface area contributed by atoms with E-state index in [0.717, 1.165) is 30.9 Å². The molecule has 0 aliphatic carbocycles. The van der Waals surface area contributed by atoms with E-state index in [-0.39, 0.29) is 17.9 Å². The van der Waals surface area contributed by atoms with E-state index in [2.05, 4.69) is 11.8 Å². The molecule has 0 aromatic heterocycles. The van der Waals surface area contributed by atoms with E-state index in [9.17, 15) is 5.11 Å². The van der Waals surface area contributed by atoms with Crippen LogP contribution < -0.4 is 10.6 Å². The Morgan fingerprint density at radius 1 is 1.53 bits per heavy atom. The average molecular weight is 236 g/mol. The summed E-state index contributed by atoms with van der Waals surface area (Å²) >= 11 is 0. The van der Waals surface area contributed by atoms with Crippen LogP contribution in [0.3, 0.4) is 0 Å². The van der Waals surface area contributed by atoms with Crippen molar-refractivity contribution >= 4 is 5.69 Å². The molecule has 17 heavy (non-hydrogen) atoms. The first-order valence-corrected chi connectivity index (χ1v) is 6.03. The predicted octanol–water partition coefficient (Wildman–Crippen LogP) is 1.64. The summed E-state index contributed by atoms with van der Waals surface area (Å²) in [6.45, 7) is 6.38. The smallest absolute Gasteiger partial charge is 0.122 e. The average Bonchev–Trinajstić information content (AvgIpc) is 2.28. The molecule has 3 N–H and O–H groups in total. The van der Waals surface area contributed by atoms with Crippen LogP contribution in [0.1, 0.15) is 25.5 Å². The van der Waals surface area contributed by atoms with E-state index in [1.54, 1.807) is 6.07 Å². The molecule has 4 heteroatoms. The zero-order valence-corrected chi connectivity index (χ0v) is 10.4. The zero-order valence-electron chi connectivity index (χ0n) is 10.4. The molecule has 94 valence electrons. The summed E-state index contributed by atoms with van der Waals surface area (Å²) < 4.78 is 5.50. The molecule has 0 radical (unpaired) electrons. The first-order valence-electron chi connectivity index (χ1n) is 6.03. The molecule has 0 amide bonds. The van der Waals surface area contributed by atoms with Crippen molar-refractivity contribution in [3.63, 3.8) is 0 Å². The van der Waals surface area contributed by atoms with Crippen molar-refractivity contribution in [2.24, 2.45) is 5.73 Å². The van der Waals surface area contributed by atoms with Crippen LogP contribution in [0, 0.1) is 0 Å². The van der Waals surface area contributed by atoms with Crippen LogP contribution in [0.2, 0.25) is 0 Å². The molecule has 1 aromatic rings. The number of aromatic hydroxyl groups is 1. The van der Waals surface area contributed by atoms with Crippen molar-refractivity contribution in [2.75, 3.05) is 24.6 Å². The molecule has 1 aliphatic heterocycles. The molecule has 1 aromatic carbocycles. The molecule has 1 fully saturated rings. The molecular formula is C13H20N2O2. The summed E-state index contributed by atoms with van der Waals surface area (Å²) in [7, 11) is 0. The van der Waals surface area contributed by atoms with Crippen LogP contribution in [0.5, 0.6) is 5.75 Å². The summed E-state index contributed by atoms with van der Waals surface area (Å²) in [5, 5.41) is 9.92. The molecule has 4 nitrogen and oxygen atoms in total. The highest BCUT2D eigenvalue weighted by Gasteiger charge is 2.18. The minimum Gasteiger partial charge on any atom is -0.508 e. The fourth-order valence-corrected chi connectivity index (χ4v) is 2.17. The van der Waals surface area contributed by atoms with Crippen LogP contribution in [-0.2, 0) is 4.74 Å². The van der Waals surface area contributed by atoms with Gasteiger partial charge >= 0.3 is 0 Å². The molecule has 1 saturated heterocycles. The lowest BCUT2D eigenvalue weighted by Crippen LogP contribution is -2.41. The van der Waals surface area contributed by atoms with Gasteiger partial charge in [-0.25, -0.2) is 0 Å². The maximum Gasteiger partial charge on any atom is 0.122 e. The van der Waals surface area contributed by atoms with E-state index in [1.165, 1.54) is 0 Å². The van der Waals surface area contributed by atoms with Crippen LogP contribution in [0.25, 0.3) is 0 Å². The third kappa shape index (κ3) is 2.70. The predicted molar refractivity (Wildman–Crippen MR) is 68.3 cm³/mol. The fraction of sp³-hybridized carbons (Fsp3) is 0.538.